The van der Waals surface area contributed by atoms with Crippen molar-refractivity contribution in [2.24, 2.45) is 0 Å². The fraction of sp³-hybridized carbons (Fsp3) is 0.529. The number of carbonyl (C=O) groups is 2. The van der Waals surface area contributed by atoms with E-state index in [1.165, 1.54) is 7.11 Å². The van der Waals surface area contributed by atoms with E-state index >= 15 is 0 Å². The summed E-state index contributed by atoms with van der Waals surface area (Å²) in [6, 6.07) is 5.17. The SMILES string of the molecule is COC(=O)c1cccc(N)c1N1CCN(C(=O)OC(C)(C)C)CC1. The average Bonchev–Trinajstić information content (AvgIpc) is 2.52. The third-order valence-electron chi connectivity index (χ3n) is 3.72. The van der Waals surface area contributed by atoms with Crippen LogP contribution in [0.1, 0.15) is 31.1 Å². The lowest BCUT2D eigenvalue weighted by Crippen LogP contribution is -2.50. The normalized spacial score (nSPS) is 15.2. The minimum absolute atomic E-state index is 0.323. The Balaban J connectivity index is 2.10. The first kappa shape index (κ1) is 17.9. The number of nitrogens with two attached hydrogens (primary N) is 1. The number of hydrogen-bond acceptors (Lipinski definition) is 6. The molecule has 1 fully saturated rings. The second kappa shape index (κ2) is 6.98. The first-order chi connectivity index (χ1) is 11.2. The standard InChI is InChI=1S/C17H25N3O4/c1-17(2,3)24-16(22)20-10-8-19(9-11-20)14-12(15(21)23-4)6-5-7-13(14)18/h5-7H,8-11,18H2,1-4H3. The zero-order valence-electron chi connectivity index (χ0n) is 14.7. The van der Waals surface area contributed by atoms with Crippen LogP contribution in [-0.2, 0) is 9.47 Å². The molecular weight excluding hydrogens is 310 g/mol. The number of hydrogen-bond donors (Lipinski definition) is 1. The Morgan fingerprint density at radius 2 is 1.75 bits per heavy atom. The van der Waals surface area contributed by atoms with E-state index < -0.39 is 11.6 Å². The molecule has 24 heavy (non-hydrogen) atoms. The zero-order valence-corrected chi connectivity index (χ0v) is 14.7. The molecule has 1 heterocycles. The second-order valence-electron chi connectivity index (χ2n) is 6.69. The van der Waals surface area contributed by atoms with Gasteiger partial charge in [-0.25, -0.2) is 9.59 Å². The zero-order chi connectivity index (χ0) is 17.9. The second-order valence-corrected chi connectivity index (χ2v) is 6.69. The van der Waals surface area contributed by atoms with Gasteiger partial charge in [-0.05, 0) is 32.9 Å². The first-order valence-electron chi connectivity index (χ1n) is 7.92. The lowest BCUT2D eigenvalue weighted by atomic mass is 10.1. The number of methoxy groups -OCH3 is 1. The molecule has 0 saturated carbocycles. The van der Waals surface area contributed by atoms with Crippen molar-refractivity contribution in [1.29, 1.82) is 0 Å². The number of benzene rings is 1. The van der Waals surface area contributed by atoms with Crippen molar-refractivity contribution in [2.45, 2.75) is 26.4 Å². The van der Waals surface area contributed by atoms with Crippen LogP contribution < -0.4 is 10.6 Å². The van der Waals surface area contributed by atoms with Gasteiger partial charge in [0.25, 0.3) is 0 Å². The van der Waals surface area contributed by atoms with Crippen molar-refractivity contribution in [3.05, 3.63) is 23.8 Å². The van der Waals surface area contributed by atoms with Gasteiger partial charge in [0.1, 0.15) is 5.60 Å². The van der Waals surface area contributed by atoms with Crippen LogP contribution in [0.4, 0.5) is 16.2 Å². The molecule has 1 aromatic rings. The molecule has 2 N–H and O–H groups in total. The highest BCUT2D eigenvalue weighted by molar-refractivity contribution is 5.99. The number of amides is 1. The Kier molecular flexibility index (Phi) is 5.21. The summed E-state index contributed by atoms with van der Waals surface area (Å²) in [5, 5.41) is 0. The average molecular weight is 335 g/mol. The maximum absolute atomic E-state index is 12.1. The van der Waals surface area contributed by atoms with E-state index in [-0.39, 0.29) is 6.09 Å². The molecule has 132 valence electrons. The van der Waals surface area contributed by atoms with Crippen LogP contribution in [0.15, 0.2) is 18.2 Å². The van der Waals surface area contributed by atoms with E-state index in [2.05, 4.69) is 0 Å². The molecule has 2 rings (SSSR count). The van der Waals surface area contributed by atoms with Gasteiger partial charge in [0.15, 0.2) is 0 Å². The van der Waals surface area contributed by atoms with Crippen LogP contribution in [0.25, 0.3) is 0 Å². The molecule has 7 heteroatoms. The molecule has 1 saturated heterocycles. The Bertz CT molecular complexity index is 617. The van der Waals surface area contributed by atoms with Crippen molar-refractivity contribution >= 4 is 23.4 Å². The summed E-state index contributed by atoms with van der Waals surface area (Å²) in [5.41, 5.74) is 7.16. The Morgan fingerprint density at radius 1 is 1.12 bits per heavy atom. The van der Waals surface area contributed by atoms with Crippen molar-refractivity contribution in [2.75, 3.05) is 43.9 Å². The molecule has 1 amide bonds. The third-order valence-corrected chi connectivity index (χ3v) is 3.72. The van der Waals surface area contributed by atoms with Gasteiger partial charge < -0.3 is 25.0 Å². The quantitative estimate of drug-likeness (QED) is 0.658. The molecule has 1 aliphatic rings. The van der Waals surface area contributed by atoms with Crippen molar-refractivity contribution in [1.82, 2.24) is 4.90 Å². The van der Waals surface area contributed by atoms with Crippen LogP contribution in [0.5, 0.6) is 0 Å². The number of ether oxygens (including phenoxy) is 2. The van der Waals surface area contributed by atoms with Crippen molar-refractivity contribution in [3.63, 3.8) is 0 Å². The van der Waals surface area contributed by atoms with Crippen LogP contribution in [0.2, 0.25) is 0 Å². The van der Waals surface area contributed by atoms with Crippen LogP contribution in [-0.4, -0.2) is 55.9 Å². The number of esters is 1. The maximum Gasteiger partial charge on any atom is 0.410 e. The van der Waals surface area contributed by atoms with Gasteiger partial charge in [0, 0.05) is 26.2 Å². The van der Waals surface area contributed by atoms with Gasteiger partial charge in [-0.1, -0.05) is 6.07 Å². The smallest absolute Gasteiger partial charge is 0.410 e. The van der Waals surface area contributed by atoms with Gasteiger partial charge >= 0.3 is 12.1 Å². The molecule has 0 bridgehead atoms. The molecule has 0 aliphatic carbocycles. The summed E-state index contributed by atoms with van der Waals surface area (Å²) in [4.78, 5) is 27.8. The van der Waals surface area contributed by atoms with E-state index in [4.69, 9.17) is 15.2 Å². The molecule has 0 aromatic heterocycles. The Morgan fingerprint density at radius 3 is 2.29 bits per heavy atom. The molecule has 0 spiro atoms. The summed E-state index contributed by atoms with van der Waals surface area (Å²) in [7, 11) is 1.34. The highest BCUT2D eigenvalue weighted by atomic mass is 16.6. The summed E-state index contributed by atoms with van der Waals surface area (Å²) < 4.78 is 10.2. The number of rotatable bonds is 2. The fourth-order valence-electron chi connectivity index (χ4n) is 2.63. The van der Waals surface area contributed by atoms with Gasteiger partial charge in [-0.3, -0.25) is 0 Å². The van der Waals surface area contributed by atoms with Crippen LogP contribution >= 0.6 is 0 Å². The summed E-state index contributed by atoms with van der Waals surface area (Å²) in [6.45, 7) is 7.67. The van der Waals surface area contributed by atoms with Gasteiger partial charge in [-0.2, -0.15) is 0 Å². The minimum Gasteiger partial charge on any atom is -0.465 e. The molecule has 0 radical (unpaired) electrons. The van der Waals surface area contributed by atoms with Crippen LogP contribution in [0.3, 0.4) is 0 Å². The van der Waals surface area contributed by atoms with Gasteiger partial charge in [0.05, 0.1) is 24.0 Å². The number of carbonyl (C=O) groups excluding carboxylic acids is 2. The molecule has 0 unspecified atom stereocenters. The maximum atomic E-state index is 12.1. The number of nitrogen functional groups attached to an aromatic ring is 1. The largest absolute Gasteiger partial charge is 0.465 e. The minimum atomic E-state index is -0.518. The Labute approximate surface area is 142 Å². The van der Waals surface area contributed by atoms with E-state index in [0.717, 1.165) is 0 Å². The Hall–Kier alpha value is -2.44. The van der Waals surface area contributed by atoms with Gasteiger partial charge in [-0.15, -0.1) is 0 Å². The molecule has 1 aliphatic heterocycles. The molecular formula is C17H25N3O4. The fourth-order valence-corrected chi connectivity index (χ4v) is 2.63. The van der Waals surface area contributed by atoms with Gasteiger partial charge in [0.2, 0.25) is 0 Å². The van der Waals surface area contributed by atoms with Crippen molar-refractivity contribution in [3.8, 4) is 0 Å². The number of para-hydroxylation sites is 1. The highest BCUT2D eigenvalue weighted by Crippen LogP contribution is 2.29. The van der Waals surface area contributed by atoms with Crippen LogP contribution in [0, 0.1) is 0 Å². The van der Waals surface area contributed by atoms with E-state index in [0.29, 0.717) is 43.1 Å². The molecule has 0 atom stereocenters. The van der Waals surface area contributed by atoms with E-state index in [1.807, 2.05) is 25.7 Å². The highest BCUT2D eigenvalue weighted by Gasteiger charge is 2.28. The summed E-state index contributed by atoms with van der Waals surface area (Å²) in [5.74, 6) is -0.424. The van der Waals surface area contributed by atoms with E-state index in [9.17, 15) is 9.59 Å². The number of piperazine rings is 1. The summed E-state index contributed by atoms with van der Waals surface area (Å²) >= 11 is 0. The first-order valence-corrected chi connectivity index (χ1v) is 7.92. The monoisotopic (exact) mass is 335 g/mol. The lowest BCUT2D eigenvalue weighted by Gasteiger charge is -2.37. The predicted molar refractivity (Wildman–Crippen MR) is 92.2 cm³/mol. The topological polar surface area (TPSA) is 85.1 Å². The van der Waals surface area contributed by atoms with Crippen molar-refractivity contribution < 1.29 is 19.1 Å². The van der Waals surface area contributed by atoms with E-state index in [1.54, 1.807) is 23.1 Å². The summed E-state index contributed by atoms with van der Waals surface area (Å²) in [6.07, 6.45) is -0.323. The third kappa shape index (κ3) is 4.10. The molecule has 1 aromatic carbocycles. The predicted octanol–water partition coefficient (Wildman–Crippen LogP) is 2.11. The lowest BCUT2D eigenvalue weighted by molar-refractivity contribution is 0.0240. The number of anilines is 2. The number of nitrogens with zero attached hydrogens (tertiary/aromatic N) is 2. The molecule has 7 nitrogen and oxygen atoms in total.